The molecule has 0 N–H and O–H groups in total. The molecule has 0 aliphatic heterocycles. The van der Waals surface area contributed by atoms with Crippen molar-refractivity contribution in [3.8, 4) is 0 Å². The first kappa shape index (κ1) is 25.3. The maximum atomic E-state index is 14.4. The second kappa shape index (κ2) is 9.25. The highest BCUT2D eigenvalue weighted by Crippen LogP contribution is 2.55. The van der Waals surface area contributed by atoms with E-state index in [9.17, 15) is 14.2 Å². The molecule has 2 rings (SSSR count). The van der Waals surface area contributed by atoms with Crippen LogP contribution in [0.5, 0.6) is 0 Å². The van der Waals surface area contributed by atoms with Crippen LogP contribution in [-0.2, 0) is 4.57 Å². The molecular formula is C27H37O3P. The van der Waals surface area contributed by atoms with E-state index in [1.807, 2.05) is 65.8 Å². The lowest BCUT2D eigenvalue weighted by molar-refractivity contribution is 0.103. The van der Waals surface area contributed by atoms with Gasteiger partial charge in [-0.05, 0) is 69.1 Å². The van der Waals surface area contributed by atoms with Crippen LogP contribution in [-0.4, -0.2) is 17.2 Å². The quantitative estimate of drug-likeness (QED) is 0.416. The summed E-state index contributed by atoms with van der Waals surface area (Å²) in [7, 11) is -3.88. The van der Waals surface area contributed by atoms with Crippen molar-refractivity contribution in [2.45, 2.75) is 68.7 Å². The Kier molecular flexibility index (Phi) is 7.54. The Morgan fingerprint density at radius 1 is 0.839 bits per heavy atom. The zero-order valence-corrected chi connectivity index (χ0v) is 21.4. The summed E-state index contributed by atoms with van der Waals surface area (Å²) in [6, 6.07) is 9.31. The second-order valence-electron chi connectivity index (χ2n) is 10.5. The van der Waals surface area contributed by atoms with Gasteiger partial charge >= 0.3 is 0 Å². The zero-order chi connectivity index (χ0) is 23.7. The molecule has 0 heterocycles. The molecule has 3 nitrogen and oxygen atoms in total. The number of carbonyl (C=O) groups is 2. The first-order chi connectivity index (χ1) is 14.2. The molecule has 0 aromatic heterocycles. The Morgan fingerprint density at radius 3 is 1.84 bits per heavy atom. The lowest BCUT2D eigenvalue weighted by Gasteiger charge is -2.27. The van der Waals surface area contributed by atoms with Crippen LogP contribution in [0, 0.1) is 46.0 Å². The van der Waals surface area contributed by atoms with Crippen LogP contribution in [0.4, 0.5) is 0 Å². The van der Waals surface area contributed by atoms with E-state index in [1.165, 1.54) is 0 Å². The van der Waals surface area contributed by atoms with Gasteiger partial charge in [-0.2, -0.15) is 0 Å². The summed E-state index contributed by atoms with van der Waals surface area (Å²) in [5, 5.41) is 0. The van der Waals surface area contributed by atoms with Crippen molar-refractivity contribution in [1.29, 1.82) is 0 Å². The average Bonchev–Trinajstić information content (AvgIpc) is 2.58. The monoisotopic (exact) mass is 440 g/mol. The van der Waals surface area contributed by atoms with E-state index in [2.05, 4.69) is 20.8 Å². The van der Waals surface area contributed by atoms with E-state index in [4.69, 9.17) is 0 Å². The van der Waals surface area contributed by atoms with Gasteiger partial charge in [0.1, 0.15) is 0 Å². The lowest BCUT2D eigenvalue weighted by Crippen LogP contribution is -2.21. The van der Waals surface area contributed by atoms with Gasteiger partial charge in [-0.3, -0.25) is 9.59 Å². The van der Waals surface area contributed by atoms with Crippen molar-refractivity contribution in [3.63, 3.8) is 0 Å². The van der Waals surface area contributed by atoms with Crippen molar-refractivity contribution in [2.24, 2.45) is 11.3 Å². The fourth-order valence-electron chi connectivity index (χ4n) is 4.75. The highest BCUT2D eigenvalue weighted by molar-refractivity contribution is 7.95. The number of hydrogen-bond acceptors (Lipinski definition) is 3. The van der Waals surface area contributed by atoms with Crippen molar-refractivity contribution >= 4 is 18.2 Å². The molecule has 2 aromatic carbocycles. The van der Waals surface area contributed by atoms with Crippen LogP contribution in [0.25, 0.3) is 0 Å². The molecule has 0 saturated heterocycles. The second-order valence-corrected chi connectivity index (χ2v) is 13.2. The fraction of sp³-hybridized carbons (Fsp3) is 0.481. The predicted molar refractivity (Wildman–Crippen MR) is 131 cm³/mol. The van der Waals surface area contributed by atoms with Crippen molar-refractivity contribution in [3.05, 3.63) is 69.3 Å². The fourth-order valence-corrected chi connectivity index (χ4v) is 7.63. The first-order valence-corrected chi connectivity index (χ1v) is 12.9. The summed E-state index contributed by atoms with van der Waals surface area (Å²) >= 11 is 0. The molecule has 2 aromatic rings. The Balaban J connectivity index is 2.64. The van der Waals surface area contributed by atoms with E-state index in [-0.39, 0.29) is 17.5 Å². The minimum atomic E-state index is -3.88. The minimum absolute atomic E-state index is 0.0180. The Labute approximate surface area is 188 Å². The molecule has 0 aliphatic rings. The van der Waals surface area contributed by atoms with Gasteiger partial charge in [0.25, 0.3) is 0 Å². The third-order valence-electron chi connectivity index (χ3n) is 5.69. The molecule has 0 saturated carbocycles. The molecule has 0 radical (unpaired) electrons. The molecule has 168 valence electrons. The minimum Gasteiger partial charge on any atom is -0.307 e. The highest BCUT2D eigenvalue weighted by Gasteiger charge is 2.43. The van der Waals surface area contributed by atoms with Crippen molar-refractivity contribution in [1.82, 2.24) is 0 Å². The number of aryl methyl sites for hydroxylation is 5. The maximum absolute atomic E-state index is 14.4. The standard InChI is InChI=1S/C27H37O3P/c1-17-10-11-23(20(4)12-17)25(28)31(30,16-19(3)15-27(7,8)9)26(29)24-21(5)13-18(2)14-22(24)6/h10-14,19H,15-16H2,1-9H3. The number of hydrogen-bond donors (Lipinski definition) is 0. The van der Waals surface area contributed by atoms with Crippen LogP contribution in [0.1, 0.15) is 82.6 Å². The third-order valence-corrected chi connectivity index (χ3v) is 8.60. The van der Waals surface area contributed by atoms with Crippen molar-refractivity contribution < 1.29 is 14.2 Å². The molecule has 0 bridgehead atoms. The molecule has 0 aliphatic carbocycles. The van der Waals surface area contributed by atoms with Gasteiger partial charge in [0.15, 0.2) is 0 Å². The van der Waals surface area contributed by atoms with E-state index < -0.39 is 18.2 Å². The largest absolute Gasteiger partial charge is 0.307 e. The van der Waals surface area contributed by atoms with Gasteiger partial charge in [0, 0.05) is 17.3 Å². The number of benzene rings is 2. The first-order valence-electron chi connectivity index (χ1n) is 11.0. The van der Waals surface area contributed by atoms with Gasteiger partial charge < -0.3 is 4.57 Å². The van der Waals surface area contributed by atoms with Gasteiger partial charge in [0.05, 0.1) is 0 Å². The van der Waals surface area contributed by atoms with Crippen LogP contribution in [0.15, 0.2) is 30.3 Å². The summed E-state index contributed by atoms with van der Waals surface area (Å²) in [5.41, 5.74) is 4.25. The van der Waals surface area contributed by atoms with E-state index in [0.29, 0.717) is 11.1 Å². The Morgan fingerprint density at radius 2 is 1.35 bits per heavy atom. The Bertz CT molecular complexity index is 1030. The molecule has 0 amide bonds. The average molecular weight is 441 g/mol. The molecule has 4 heteroatoms. The zero-order valence-electron chi connectivity index (χ0n) is 20.6. The summed E-state index contributed by atoms with van der Waals surface area (Å²) in [5.74, 6) is -0.0180. The normalized spacial score (nSPS) is 14.7. The lowest BCUT2D eigenvalue weighted by atomic mass is 9.86. The van der Waals surface area contributed by atoms with Crippen LogP contribution in [0.3, 0.4) is 0 Å². The van der Waals surface area contributed by atoms with Gasteiger partial charge in [-0.25, -0.2) is 0 Å². The number of rotatable bonds is 7. The third kappa shape index (κ3) is 5.83. The van der Waals surface area contributed by atoms with E-state index in [0.717, 1.165) is 34.2 Å². The van der Waals surface area contributed by atoms with Gasteiger partial charge in [-0.15, -0.1) is 0 Å². The predicted octanol–water partition coefficient (Wildman–Crippen LogP) is 7.64. The molecule has 0 spiro atoms. The summed E-state index contributed by atoms with van der Waals surface area (Å²) in [6.45, 7) is 17.8. The summed E-state index contributed by atoms with van der Waals surface area (Å²) in [6.07, 6.45) is 0.887. The van der Waals surface area contributed by atoms with E-state index >= 15 is 0 Å². The maximum Gasteiger partial charge on any atom is 0.229 e. The van der Waals surface area contributed by atoms with Crippen LogP contribution in [0.2, 0.25) is 0 Å². The topological polar surface area (TPSA) is 51.2 Å². The molecule has 2 unspecified atom stereocenters. The summed E-state index contributed by atoms with van der Waals surface area (Å²) < 4.78 is 14.4. The molecule has 0 fully saturated rings. The smallest absolute Gasteiger partial charge is 0.229 e. The SMILES string of the molecule is Cc1ccc(C(=O)P(=O)(CC(C)CC(C)(C)C)C(=O)c2c(C)cc(C)cc2C)c(C)c1. The highest BCUT2D eigenvalue weighted by atomic mass is 31.2. The van der Waals surface area contributed by atoms with Crippen LogP contribution >= 0.6 is 7.14 Å². The van der Waals surface area contributed by atoms with Crippen LogP contribution < -0.4 is 0 Å². The Hall–Kier alpha value is -1.99. The number of carbonyl (C=O) groups excluding carboxylic acids is 2. The summed E-state index contributed by atoms with van der Waals surface area (Å²) in [4.78, 5) is 27.5. The molecule has 2 atom stereocenters. The van der Waals surface area contributed by atoms with E-state index in [1.54, 1.807) is 6.07 Å². The van der Waals surface area contributed by atoms with Gasteiger partial charge in [0.2, 0.25) is 18.2 Å². The van der Waals surface area contributed by atoms with Gasteiger partial charge in [-0.1, -0.05) is 69.2 Å². The molecule has 31 heavy (non-hydrogen) atoms. The van der Waals surface area contributed by atoms with Crippen molar-refractivity contribution in [2.75, 3.05) is 6.16 Å². The molecular weight excluding hydrogens is 403 g/mol.